The molecule has 0 spiro atoms. The number of para-hydroxylation sites is 1. The maximum Gasteiger partial charge on any atom is 0.225 e. The van der Waals surface area contributed by atoms with Gasteiger partial charge in [-0.2, -0.15) is 0 Å². The minimum absolute atomic E-state index is 0. The Balaban J connectivity index is 0.00000245. The van der Waals surface area contributed by atoms with Crippen LogP contribution >= 0.6 is 0 Å². The maximum absolute atomic E-state index is 12.6. The Morgan fingerprint density at radius 1 is 1.19 bits per heavy atom. The molecular weight excluding hydrogens is 388 g/mol. The van der Waals surface area contributed by atoms with Crippen molar-refractivity contribution >= 4 is 34.6 Å². The third-order valence-corrected chi connectivity index (χ3v) is 6.42. The zero-order valence-electron chi connectivity index (χ0n) is 17.5. The molecule has 1 amide bonds. The Kier molecular flexibility index (Phi) is 5.41. The third kappa shape index (κ3) is 4.31. The first-order valence-electron chi connectivity index (χ1n) is 11.1. The molecule has 5 heteroatoms. The highest BCUT2D eigenvalue weighted by atomic mass is 16.3. The van der Waals surface area contributed by atoms with E-state index in [0.29, 0.717) is 31.0 Å². The van der Waals surface area contributed by atoms with Gasteiger partial charge in [0.05, 0.1) is 0 Å². The molecule has 0 fully saturated rings. The number of aryl methyl sites for hydroxylation is 3. The molecule has 1 N–H and O–H groups in total. The molecule has 3 aromatic rings. The Labute approximate surface area is 183 Å². The second kappa shape index (κ2) is 8.50. The molecule has 1 unspecified atom stereocenters. The number of allylic oxidation sites excluding steroid dienone is 1. The van der Waals surface area contributed by atoms with E-state index in [9.17, 15) is 9.59 Å². The van der Waals surface area contributed by atoms with Crippen LogP contribution < -0.4 is 5.32 Å². The number of hydrogen-bond acceptors (Lipinski definition) is 4. The molecule has 160 valence electrons. The van der Waals surface area contributed by atoms with Crippen molar-refractivity contribution in [2.24, 2.45) is 5.92 Å². The van der Waals surface area contributed by atoms with Crippen molar-refractivity contribution in [2.75, 3.05) is 5.32 Å². The molecule has 5 rings (SSSR count). The Morgan fingerprint density at radius 2 is 2.10 bits per heavy atom. The molecule has 0 radical (unpaired) electrons. The number of pyridine rings is 1. The van der Waals surface area contributed by atoms with Gasteiger partial charge in [0, 0.05) is 37.8 Å². The summed E-state index contributed by atoms with van der Waals surface area (Å²) in [7, 11) is 0. The van der Waals surface area contributed by atoms with Gasteiger partial charge in [0.15, 0.2) is 5.78 Å². The Morgan fingerprint density at radius 3 is 3.03 bits per heavy atom. The van der Waals surface area contributed by atoms with Gasteiger partial charge in [0.2, 0.25) is 5.91 Å². The molecule has 2 aromatic heterocycles. The number of aromatic nitrogens is 1. The fraction of sp³-hybridized carbons (Fsp3) is 0.346. The van der Waals surface area contributed by atoms with Gasteiger partial charge in [-0.15, -0.1) is 0 Å². The van der Waals surface area contributed by atoms with E-state index >= 15 is 0 Å². The van der Waals surface area contributed by atoms with E-state index in [1.165, 1.54) is 10.9 Å². The summed E-state index contributed by atoms with van der Waals surface area (Å²) >= 11 is 0. The summed E-state index contributed by atoms with van der Waals surface area (Å²) in [5.74, 6) is 2.28. The molecule has 3 heterocycles. The van der Waals surface area contributed by atoms with Crippen LogP contribution in [0.4, 0.5) is 5.82 Å². The summed E-state index contributed by atoms with van der Waals surface area (Å²) in [5, 5.41) is 4.03. The number of carbonyl (C=O) groups excluding carboxylic acids is 2. The first-order chi connectivity index (χ1) is 15.2. The van der Waals surface area contributed by atoms with Crippen LogP contribution in [0.1, 0.15) is 56.0 Å². The van der Waals surface area contributed by atoms with Gasteiger partial charge in [-0.3, -0.25) is 9.59 Å². The van der Waals surface area contributed by atoms with Gasteiger partial charge in [-0.25, -0.2) is 4.98 Å². The smallest absolute Gasteiger partial charge is 0.225 e. The number of nitrogens with one attached hydrogen (secondary N) is 1. The van der Waals surface area contributed by atoms with Crippen molar-refractivity contribution in [3.63, 3.8) is 0 Å². The molecule has 0 saturated carbocycles. The third-order valence-electron chi connectivity index (χ3n) is 6.42. The largest absolute Gasteiger partial charge is 0.461 e. The van der Waals surface area contributed by atoms with Gasteiger partial charge in [-0.1, -0.05) is 18.2 Å². The van der Waals surface area contributed by atoms with Gasteiger partial charge in [-0.05, 0) is 73.4 Å². The highest BCUT2D eigenvalue weighted by Crippen LogP contribution is 2.33. The molecular formula is C26H28N2O3. The van der Waals surface area contributed by atoms with Crippen molar-refractivity contribution in [1.82, 2.24) is 4.98 Å². The predicted molar refractivity (Wildman–Crippen MR) is 123 cm³/mol. The fourth-order valence-electron chi connectivity index (χ4n) is 4.78. The number of fused-ring (bicyclic) bond motifs is 4. The highest BCUT2D eigenvalue weighted by molar-refractivity contribution is 5.94. The Bertz CT molecular complexity index is 1180. The van der Waals surface area contributed by atoms with Crippen molar-refractivity contribution in [3.8, 4) is 0 Å². The average molecular weight is 417 g/mol. The zero-order chi connectivity index (χ0) is 21.2. The predicted octanol–water partition coefficient (Wildman–Crippen LogP) is 5.52. The van der Waals surface area contributed by atoms with E-state index in [1.54, 1.807) is 12.3 Å². The van der Waals surface area contributed by atoms with E-state index in [0.717, 1.165) is 54.6 Å². The van der Waals surface area contributed by atoms with E-state index in [1.807, 2.05) is 24.3 Å². The number of anilines is 1. The molecule has 5 nitrogen and oxygen atoms in total. The van der Waals surface area contributed by atoms with Gasteiger partial charge >= 0.3 is 0 Å². The lowest BCUT2D eigenvalue weighted by Gasteiger charge is -2.18. The number of amides is 1. The Hall–Kier alpha value is -3.21. The summed E-state index contributed by atoms with van der Waals surface area (Å²) in [5.41, 5.74) is 4.25. The first-order valence-corrected chi connectivity index (χ1v) is 11.1. The van der Waals surface area contributed by atoms with Gasteiger partial charge in [0.1, 0.15) is 17.2 Å². The van der Waals surface area contributed by atoms with Crippen LogP contribution in [0.25, 0.3) is 17.0 Å². The standard InChI is InChI=1S/C26H26N2O3.H2/c29-20(11-8-18-14-19-10-13-25(30)28-26(19)27-16-18)15-17-4-3-6-22-21-5-1-2-7-23(21)31-24(22)12-9-17;/h1-2,5,7-8,11,14,16-17H,3-4,6,9-10,12-13,15H2,(H,27,28,30);1H/b11-8+;. The van der Waals surface area contributed by atoms with Crippen LogP contribution in [-0.2, 0) is 28.9 Å². The maximum atomic E-state index is 12.6. The van der Waals surface area contributed by atoms with Gasteiger partial charge < -0.3 is 9.73 Å². The second-order valence-corrected chi connectivity index (χ2v) is 8.63. The molecule has 0 saturated heterocycles. The molecule has 1 atom stereocenters. The topological polar surface area (TPSA) is 72.2 Å². The van der Waals surface area contributed by atoms with Gasteiger partial charge in [0.25, 0.3) is 0 Å². The lowest BCUT2D eigenvalue weighted by molar-refractivity contribution is -0.116. The van der Waals surface area contributed by atoms with E-state index in [-0.39, 0.29) is 13.1 Å². The molecule has 1 aromatic carbocycles. The summed E-state index contributed by atoms with van der Waals surface area (Å²) in [6.07, 6.45) is 12.0. The quantitative estimate of drug-likeness (QED) is 0.569. The van der Waals surface area contributed by atoms with Crippen molar-refractivity contribution in [1.29, 1.82) is 0 Å². The van der Waals surface area contributed by atoms with E-state index < -0.39 is 0 Å². The van der Waals surface area contributed by atoms with E-state index in [2.05, 4.69) is 22.4 Å². The zero-order valence-corrected chi connectivity index (χ0v) is 17.5. The SMILES string of the molecule is O=C(/C=C/c1cnc2c(c1)CCC(=O)N2)CC1CCCc2c(oc3ccccc23)CC1.[HH]. The molecule has 1 aliphatic carbocycles. The van der Waals surface area contributed by atoms with Crippen LogP contribution in [0.5, 0.6) is 0 Å². The normalized spacial score (nSPS) is 18.8. The van der Waals surface area contributed by atoms with Crippen LogP contribution in [0.15, 0.2) is 47.0 Å². The number of furan rings is 1. The number of carbonyl (C=O) groups is 2. The minimum atomic E-state index is 0. The summed E-state index contributed by atoms with van der Waals surface area (Å²) in [6, 6.07) is 10.3. The highest BCUT2D eigenvalue weighted by Gasteiger charge is 2.21. The second-order valence-electron chi connectivity index (χ2n) is 8.63. The van der Waals surface area contributed by atoms with Crippen molar-refractivity contribution in [2.45, 2.75) is 51.4 Å². The minimum Gasteiger partial charge on any atom is -0.461 e. The summed E-state index contributed by atoms with van der Waals surface area (Å²) < 4.78 is 6.10. The number of ketones is 1. The van der Waals surface area contributed by atoms with Crippen LogP contribution in [0.3, 0.4) is 0 Å². The van der Waals surface area contributed by atoms with E-state index in [4.69, 9.17) is 4.42 Å². The molecule has 31 heavy (non-hydrogen) atoms. The lowest BCUT2D eigenvalue weighted by atomic mass is 9.86. The van der Waals surface area contributed by atoms with Crippen LogP contribution in [0, 0.1) is 5.92 Å². The summed E-state index contributed by atoms with van der Waals surface area (Å²) in [6.45, 7) is 0. The molecule has 1 aliphatic heterocycles. The van der Waals surface area contributed by atoms with Crippen molar-refractivity contribution in [3.05, 3.63) is 65.1 Å². The fourth-order valence-corrected chi connectivity index (χ4v) is 4.78. The number of benzene rings is 1. The number of nitrogens with zero attached hydrogens (tertiary/aromatic N) is 1. The van der Waals surface area contributed by atoms with Crippen molar-refractivity contribution < 1.29 is 15.4 Å². The number of hydrogen-bond donors (Lipinski definition) is 1. The number of rotatable bonds is 4. The monoisotopic (exact) mass is 416 g/mol. The summed E-state index contributed by atoms with van der Waals surface area (Å²) in [4.78, 5) is 28.4. The van der Waals surface area contributed by atoms with Crippen LogP contribution in [0.2, 0.25) is 0 Å². The lowest BCUT2D eigenvalue weighted by Crippen LogP contribution is -2.20. The van der Waals surface area contributed by atoms with Crippen LogP contribution in [-0.4, -0.2) is 16.7 Å². The first kappa shape index (κ1) is 19.7. The molecule has 2 aliphatic rings. The average Bonchev–Trinajstić information content (AvgIpc) is 3.11. The molecule has 0 bridgehead atoms.